The standard InChI is InChI=1S/C10H8N2O5S/c1-16-10(13)9(7-11)12-17-18(14,15)8-5-3-2-4-6-8/h2-6H,1H3/b12-9-. The van der Waals surface area contributed by atoms with Crippen LogP contribution < -0.4 is 0 Å². The van der Waals surface area contributed by atoms with Crippen LogP contribution in [-0.2, 0) is 23.9 Å². The average Bonchev–Trinajstić information content (AvgIpc) is 2.40. The molecule has 7 nitrogen and oxygen atoms in total. The Morgan fingerprint density at radius 2 is 1.94 bits per heavy atom. The molecule has 0 aliphatic carbocycles. The third kappa shape index (κ3) is 3.29. The van der Waals surface area contributed by atoms with Crippen LogP contribution in [0.3, 0.4) is 0 Å². The summed E-state index contributed by atoms with van der Waals surface area (Å²) in [7, 11) is -3.12. The largest absolute Gasteiger partial charge is 0.464 e. The van der Waals surface area contributed by atoms with Crippen molar-refractivity contribution in [3.8, 4) is 6.07 Å². The first-order valence-electron chi connectivity index (χ1n) is 4.56. The maximum absolute atomic E-state index is 11.6. The summed E-state index contributed by atoms with van der Waals surface area (Å²) in [5.74, 6) is -1.08. The number of oxime groups is 1. The van der Waals surface area contributed by atoms with E-state index in [4.69, 9.17) is 5.26 Å². The Hall–Kier alpha value is -2.40. The quantitative estimate of drug-likeness (QED) is 0.445. The van der Waals surface area contributed by atoms with Gasteiger partial charge in [0.05, 0.1) is 7.11 Å². The van der Waals surface area contributed by atoms with E-state index in [9.17, 15) is 13.2 Å². The van der Waals surface area contributed by atoms with Crippen LogP contribution in [-0.4, -0.2) is 27.2 Å². The van der Waals surface area contributed by atoms with Crippen LogP contribution in [0.15, 0.2) is 40.4 Å². The number of rotatable bonds is 4. The number of nitriles is 1. The fourth-order valence-electron chi connectivity index (χ4n) is 0.917. The highest BCUT2D eigenvalue weighted by Crippen LogP contribution is 2.11. The summed E-state index contributed by atoms with van der Waals surface area (Å²) < 4.78 is 31.6. The van der Waals surface area contributed by atoms with Crippen molar-refractivity contribution in [1.82, 2.24) is 0 Å². The molecule has 0 fully saturated rings. The van der Waals surface area contributed by atoms with E-state index in [1.165, 1.54) is 30.3 Å². The minimum Gasteiger partial charge on any atom is -0.464 e. The number of hydrogen-bond donors (Lipinski definition) is 0. The summed E-state index contributed by atoms with van der Waals surface area (Å²) in [6.07, 6.45) is 0. The maximum Gasteiger partial charge on any atom is 0.371 e. The van der Waals surface area contributed by atoms with E-state index in [2.05, 4.69) is 14.2 Å². The zero-order valence-electron chi connectivity index (χ0n) is 9.23. The lowest BCUT2D eigenvalue weighted by atomic mass is 10.4. The Kier molecular flexibility index (Phi) is 4.39. The first kappa shape index (κ1) is 13.7. The van der Waals surface area contributed by atoms with Gasteiger partial charge in [0, 0.05) is 0 Å². The smallest absolute Gasteiger partial charge is 0.371 e. The normalized spacial score (nSPS) is 11.4. The van der Waals surface area contributed by atoms with Gasteiger partial charge in [-0.1, -0.05) is 18.2 Å². The minimum atomic E-state index is -4.15. The summed E-state index contributed by atoms with van der Waals surface area (Å²) >= 11 is 0. The van der Waals surface area contributed by atoms with Crippen molar-refractivity contribution in [1.29, 1.82) is 5.26 Å². The molecule has 0 aromatic heterocycles. The van der Waals surface area contributed by atoms with Gasteiger partial charge in [-0.2, -0.15) is 13.7 Å². The number of hydrogen-bond acceptors (Lipinski definition) is 7. The number of nitrogens with zero attached hydrogens (tertiary/aromatic N) is 2. The molecule has 94 valence electrons. The lowest BCUT2D eigenvalue weighted by Gasteiger charge is -2.00. The molecular formula is C10H8N2O5S. The van der Waals surface area contributed by atoms with Crippen LogP contribution in [0.5, 0.6) is 0 Å². The lowest BCUT2D eigenvalue weighted by Crippen LogP contribution is -2.15. The van der Waals surface area contributed by atoms with Crippen molar-refractivity contribution in [3.63, 3.8) is 0 Å². The molecule has 8 heteroatoms. The van der Waals surface area contributed by atoms with Crippen LogP contribution in [0.2, 0.25) is 0 Å². The molecule has 0 bridgehead atoms. The molecule has 1 aromatic rings. The highest BCUT2D eigenvalue weighted by molar-refractivity contribution is 7.86. The second kappa shape index (κ2) is 5.79. The Labute approximate surface area is 103 Å². The molecule has 0 radical (unpaired) electrons. The Morgan fingerprint density at radius 1 is 1.33 bits per heavy atom. The van der Waals surface area contributed by atoms with Crippen molar-refractivity contribution in [2.75, 3.05) is 7.11 Å². The molecule has 18 heavy (non-hydrogen) atoms. The summed E-state index contributed by atoms with van der Waals surface area (Å²) in [6.45, 7) is 0. The van der Waals surface area contributed by atoms with Crippen molar-refractivity contribution < 1.29 is 22.2 Å². The van der Waals surface area contributed by atoms with Crippen LogP contribution in [0.25, 0.3) is 0 Å². The Morgan fingerprint density at radius 3 is 2.44 bits per heavy atom. The molecule has 0 spiro atoms. The van der Waals surface area contributed by atoms with E-state index in [1.54, 1.807) is 6.07 Å². The van der Waals surface area contributed by atoms with Crippen LogP contribution >= 0.6 is 0 Å². The van der Waals surface area contributed by atoms with E-state index in [0.29, 0.717) is 0 Å². The number of ether oxygens (including phenoxy) is 1. The first-order valence-corrected chi connectivity index (χ1v) is 5.97. The molecule has 0 aliphatic heterocycles. The molecule has 0 saturated heterocycles. The van der Waals surface area contributed by atoms with Crippen LogP contribution in [0.4, 0.5) is 0 Å². The van der Waals surface area contributed by atoms with E-state index < -0.39 is 21.8 Å². The fourth-order valence-corrected chi connectivity index (χ4v) is 1.67. The predicted molar refractivity (Wildman–Crippen MR) is 59.8 cm³/mol. The number of carbonyl (C=O) groups excluding carboxylic acids is 1. The Balaban J connectivity index is 2.96. The number of methoxy groups -OCH3 is 1. The van der Waals surface area contributed by atoms with E-state index in [-0.39, 0.29) is 4.90 Å². The number of carbonyl (C=O) groups is 1. The van der Waals surface area contributed by atoms with Gasteiger partial charge in [0.1, 0.15) is 11.0 Å². The molecule has 0 N–H and O–H groups in total. The van der Waals surface area contributed by atoms with E-state index in [0.717, 1.165) is 7.11 Å². The SMILES string of the molecule is COC(=O)/C(C#N)=N\OS(=O)(=O)c1ccccc1. The summed E-state index contributed by atoms with van der Waals surface area (Å²) in [6, 6.07) is 8.54. The summed E-state index contributed by atoms with van der Waals surface area (Å²) in [4.78, 5) is 10.8. The zero-order valence-corrected chi connectivity index (χ0v) is 10.0. The van der Waals surface area contributed by atoms with Gasteiger partial charge in [-0.05, 0) is 17.3 Å². The molecule has 0 aliphatic rings. The van der Waals surface area contributed by atoms with E-state index >= 15 is 0 Å². The molecule has 1 aromatic carbocycles. The monoisotopic (exact) mass is 268 g/mol. The third-order valence-electron chi connectivity index (χ3n) is 1.74. The van der Waals surface area contributed by atoms with Gasteiger partial charge in [0.15, 0.2) is 0 Å². The zero-order chi connectivity index (χ0) is 13.6. The second-order valence-corrected chi connectivity index (χ2v) is 4.41. The molecule has 1 rings (SSSR count). The van der Waals surface area contributed by atoms with Gasteiger partial charge in [-0.25, -0.2) is 4.79 Å². The molecule has 0 heterocycles. The molecule has 0 saturated carbocycles. The predicted octanol–water partition coefficient (Wildman–Crippen LogP) is 0.444. The second-order valence-electron chi connectivity index (χ2n) is 2.88. The van der Waals surface area contributed by atoms with Crippen molar-refractivity contribution >= 4 is 21.8 Å². The Bertz CT molecular complexity index is 601. The van der Waals surface area contributed by atoms with Gasteiger partial charge in [-0.15, -0.1) is 0 Å². The molecule has 0 unspecified atom stereocenters. The number of benzene rings is 1. The van der Waals surface area contributed by atoms with Gasteiger partial charge < -0.3 is 4.74 Å². The molecule has 0 atom stereocenters. The molecule has 0 amide bonds. The van der Waals surface area contributed by atoms with Gasteiger partial charge in [0.25, 0.3) is 5.71 Å². The number of esters is 1. The van der Waals surface area contributed by atoms with Crippen molar-refractivity contribution in [2.24, 2.45) is 5.16 Å². The third-order valence-corrected chi connectivity index (χ3v) is 2.86. The van der Waals surface area contributed by atoms with Crippen molar-refractivity contribution in [3.05, 3.63) is 30.3 Å². The first-order chi connectivity index (χ1) is 8.51. The lowest BCUT2D eigenvalue weighted by molar-refractivity contribution is -0.132. The van der Waals surface area contributed by atoms with Crippen molar-refractivity contribution in [2.45, 2.75) is 4.90 Å². The maximum atomic E-state index is 11.6. The van der Waals surface area contributed by atoms with E-state index in [1.807, 2.05) is 0 Å². The minimum absolute atomic E-state index is 0.143. The fraction of sp³-hybridized carbons (Fsp3) is 0.100. The van der Waals surface area contributed by atoms with Gasteiger partial charge in [-0.3, -0.25) is 4.28 Å². The average molecular weight is 268 g/mol. The van der Waals surface area contributed by atoms with Crippen LogP contribution in [0, 0.1) is 11.3 Å². The highest BCUT2D eigenvalue weighted by atomic mass is 32.2. The van der Waals surface area contributed by atoms with Crippen LogP contribution in [0.1, 0.15) is 0 Å². The van der Waals surface area contributed by atoms with Gasteiger partial charge >= 0.3 is 16.1 Å². The topological polar surface area (TPSA) is 106 Å². The summed E-state index contributed by atoms with van der Waals surface area (Å²) in [5, 5.41) is 11.5. The molecular weight excluding hydrogens is 260 g/mol. The summed E-state index contributed by atoms with van der Waals surface area (Å²) in [5.41, 5.74) is -0.794. The van der Waals surface area contributed by atoms with Gasteiger partial charge in [0.2, 0.25) is 0 Å². The highest BCUT2D eigenvalue weighted by Gasteiger charge is 2.18.